The molecule has 2 N–H and O–H groups in total. The van der Waals surface area contributed by atoms with Gasteiger partial charge in [0.05, 0.1) is 6.10 Å². The highest BCUT2D eigenvalue weighted by Crippen LogP contribution is 2.24. The first kappa shape index (κ1) is 16.1. The van der Waals surface area contributed by atoms with Crippen molar-refractivity contribution in [3.63, 3.8) is 0 Å². The fourth-order valence-corrected chi connectivity index (χ4v) is 2.73. The minimum Gasteiger partial charge on any atom is -0.387 e. The lowest BCUT2D eigenvalue weighted by molar-refractivity contribution is 0.165. The molecule has 2 aromatic rings. The van der Waals surface area contributed by atoms with Crippen LogP contribution in [0.1, 0.15) is 30.2 Å². The fraction of sp³-hybridized carbons (Fsp3) is 0.250. The first-order valence-corrected chi connectivity index (χ1v) is 7.39. The Morgan fingerprint density at radius 2 is 1.86 bits per heavy atom. The van der Waals surface area contributed by atoms with Crippen LogP contribution in [0.3, 0.4) is 0 Å². The average Bonchev–Trinajstić information content (AvgIpc) is 2.47. The van der Waals surface area contributed by atoms with E-state index in [-0.39, 0.29) is 18.2 Å². The Hall–Kier alpha value is -1.30. The summed E-state index contributed by atoms with van der Waals surface area (Å²) in [7, 11) is 0. The molecule has 0 aliphatic carbocycles. The molecule has 0 aromatic heterocycles. The van der Waals surface area contributed by atoms with Gasteiger partial charge in [0.1, 0.15) is 11.6 Å². The topological polar surface area (TPSA) is 32.3 Å². The highest BCUT2D eigenvalue weighted by atomic mass is 79.9. The predicted molar refractivity (Wildman–Crippen MR) is 81.9 cm³/mol. The molecule has 1 unspecified atom stereocenters. The highest BCUT2D eigenvalue weighted by Gasteiger charge is 2.16. The normalized spacial score (nSPS) is 14.0. The minimum absolute atomic E-state index is 0.0353. The van der Waals surface area contributed by atoms with Gasteiger partial charge in [-0.25, -0.2) is 8.78 Å². The second-order valence-electron chi connectivity index (χ2n) is 4.83. The van der Waals surface area contributed by atoms with E-state index in [4.69, 9.17) is 0 Å². The third-order valence-electron chi connectivity index (χ3n) is 3.31. The van der Waals surface area contributed by atoms with E-state index in [1.54, 1.807) is 0 Å². The van der Waals surface area contributed by atoms with Crippen molar-refractivity contribution in [1.29, 1.82) is 0 Å². The summed E-state index contributed by atoms with van der Waals surface area (Å²) >= 11 is 3.46. The Kier molecular flexibility index (Phi) is 5.45. The number of hydrogen-bond donors (Lipinski definition) is 2. The van der Waals surface area contributed by atoms with Gasteiger partial charge in [-0.05, 0) is 36.8 Å². The minimum atomic E-state index is -1.11. The smallest absolute Gasteiger partial charge is 0.129 e. The van der Waals surface area contributed by atoms with Crippen LogP contribution in [0, 0.1) is 11.6 Å². The number of aliphatic hydroxyl groups excluding tert-OH is 1. The monoisotopic (exact) mass is 355 g/mol. The molecule has 0 saturated carbocycles. The number of aliphatic hydroxyl groups is 1. The number of benzene rings is 2. The van der Waals surface area contributed by atoms with Crippen molar-refractivity contribution in [1.82, 2.24) is 5.32 Å². The van der Waals surface area contributed by atoms with Gasteiger partial charge >= 0.3 is 0 Å². The van der Waals surface area contributed by atoms with Crippen LogP contribution in [-0.2, 0) is 0 Å². The maximum Gasteiger partial charge on any atom is 0.129 e. The van der Waals surface area contributed by atoms with Gasteiger partial charge < -0.3 is 10.4 Å². The molecular formula is C16H16BrF2NO. The Morgan fingerprint density at radius 3 is 2.57 bits per heavy atom. The van der Waals surface area contributed by atoms with Crippen molar-refractivity contribution in [3.05, 3.63) is 69.7 Å². The van der Waals surface area contributed by atoms with E-state index in [1.165, 1.54) is 0 Å². The first-order chi connectivity index (χ1) is 9.99. The van der Waals surface area contributed by atoms with E-state index < -0.39 is 17.7 Å². The summed E-state index contributed by atoms with van der Waals surface area (Å²) in [6, 6.07) is 10.7. The van der Waals surface area contributed by atoms with Gasteiger partial charge in [0.2, 0.25) is 0 Å². The Balaban J connectivity index is 2.02. The standard InChI is InChI=1S/C16H16BrF2NO/c1-10(12-4-2-3-5-14(12)17)20-9-16(21)13-8-11(18)6-7-15(13)19/h2-8,10,16,20-21H,9H2,1H3/t10-,16?/m1/s1. The third-order valence-corrected chi connectivity index (χ3v) is 4.03. The molecule has 2 aromatic carbocycles. The molecule has 0 amide bonds. The lowest BCUT2D eigenvalue weighted by atomic mass is 10.1. The molecule has 2 rings (SSSR count). The van der Waals surface area contributed by atoms with Crippen LogP contribution < -0.4 is 5.32 Å². The van der Waals surface area contributed by atoms with E-state index in [1.807, 2.05) is 31.2 Å². The molecule has 0 radical (unpaired) electrons. The number of hydrogen-bond acceptors (Lipinski definition) is 2. The number of rotatable bonds is 5. The van der Waals surface area contributed by atoms with E-state index in [2.05, 4.69) is 21.2 Å². The van der Waals surface area contributed by atoms with E-state index >= 15 is 0 Å². The summed E-state index contributed by atoms with van der Waals surface area (Å²) in [4.78, 5) is 0. The van der Waals surface area contributed by atoms with Gasteiger partial charge in [0, 0.05) is 22.6 Å². The zero-order valence-corrected chi connectivity index (χ0v) is 13.1. The molecule has 0 bridgehead atoms. The van der Waals surface area contributed by atoms with Gasteiger partial charge in [0.25, 0.3) is 0 Å². The summed E-state index contributed by atoms with van der Waals surface area (Å²) in [6.07, 6.45) is -1.11. The number of halogens is 3. The van der Waals surface area contributed by atoms with E-state index in [0.29, 0.717) is 0 Å². The van der Waals surface area contributed by atoms with Crippen molar-refractivity contribution in [3.8, 4) is 0 Å². The van der Waals surface area contributed by atoms with Gasteiger partial charge in [-0.15, -0.1) is 0 Å². The van der Waals surface area contributed by atoms with Gasteiger partial charge in [-0.3, -0.25) is 0 Å². The Bertz CT molecular complexity index is 621. The third kappa shape index (κ3) is 4.09. The van der Waals surface area contributed by atoms with Crippen molar-refractivity contribution in [2.45, 2.75) is 19.1 Å². The lowest BCUT2D eigenvalue weighted by Gasteiger charge is -2.19. The predicted octanol–water partition coefficient (Wildman–Crippen LogP) is 4.11. The van der Waals surface area contributed by atoms with Crippen LogP contribution in [0.15, 0.2) is 46.9 Å². The Morgan fingerprint density at radius 1 is 1.14 bits per heavy atom. The number of nitrogens with one attached hydrogen (secondary N) is 1. The van der Waals surface area contributed by atoms with Crippen molar-refractivity contribution < 1.29 is 13.9 Å². The second kappa shape index (κ2) is 7.11. The lowest BCUT2D eigenvalue weighted by Crippen LogP contribution is -2.25. The molecule has 2 atom stereocenters. The van der Waals surface area contributed by atoms with Crippen molar-refractivity contribution in [2.24, 2.45) is 0 Å². The average molecular weight is 356 g/mol. The summed E-state index contributed by atoms with van der Waals surface area (Å²) in [5, 5.41) is 13.1. The zero-order chi connectivity index (χ0) is 15.4. The molecule has 21 heavy (non-hydrogen) atoms. The molecule has 5 heteroatoms. The van der Waals surface area contributed by atoms with E-state index in [0.717, 1.165) is 28.2 Å². The van der Waals surface area contributed by atoms with Crippen LogP contribution in [0.4, 0.5) is 8.78 Å². The van der Waals surface area contributed by atoms with Crippen LogP contribution >= 0.6 is 15.9 Å². The van der Waals surface area contributed by atoms with Gasteiger partial charge in [-0.1, -0.05) is 34.1 Å². The molecule has 0 aliphatic heterocycles. The second-order valence-corrected chi connectivity index (χ2v) is 5.69. The largest absolute Gasteiger partial charge is 0.387 e. The molecule has 0 saturated heterocycles. The van der Waals surface area contributed by atoms with Crippen LogP contribution in [0.25, 0.3) is 0 Å². The summed E-state index contributed by atoms with van der Waals surface area (Å²) in [5.41, 5.74) is 0.992. The quantitative estimate of drug-likeness (QED) is 0.845. The van der Waals surface area contributed by atoms with Gasteiger partial charge in [0.15, 0.2) is 0 Å². The van der Waals surface area contributed by atoms with Crippen molar-refractivity contribution >= 4 is 15.9 Å². The summed E-state index contributed by atoms with van der Waals surface area (Å²) in [5.74, 6) is -1.18. The summed E-state index contributed by atoms with van der Waals surface area (Å²) in [6.45, 7) is 2.07. The maximum absolute atomic E-state index is 13.6. The SMILES string of the molecule is C[C@@H](NCC(O)c1cc(F)ccc1F)c1ccccc1Br. The Labute approximate surface area is 130 Å². The first-order valence-electron chi connectivity index (χ1n) is 6.60. The molecule has 2 nitrogen and oxygen atoms in total. The molecule has 0 spiro atoms. The zero-order valence-electron chi connectivity index (χ0n) is 11.5. The summed E-state index contributed by atoms with van der Waals surface area (Å²) < 4.78 is 27.6. The van der Waals surface area contributed by atoms with Crippen molar-refractivity contribution in [2.75, 3.05) is 6.54 Å². The highest BCUT2D eigenvalue weighted by molar-refractivity contribution is 9.10. The van der Waals surface area contributed by atoms with E-state index in [9.17, 15) is 13.9 Å². The molecule has 112 valence electrons. The molecule has 0 fully saturated rings. The molecule has 0 heterocycles. The molecular weight excluding hydrogens is 340 g/mol. The van der Waals surface area contributed by atoms with Crippen LogP contribution in [0.5, 0.6) is 0 Å². The van der Waals surface area contributed by atoms with Gasteiger partial charge in [-0.2, -0.15) is 0 Å². The maximum atomic E-state index is 13.6. The van der Waals surface area contributed by atoms with Crippen LogP contribution in [-0.4, -0.2) is 11.7 Å². The molecule has 0 aliphatic rings. The van der Waals surface area contributed by atoms with Crippen LogP contribution in [0.2, 0.25) is 0 Å². The fourth-order valence-electron chi connectivity index (χ4n) is 2.10.